The molecule has 0 aromatic heterocycles. The highest BCUT2D eigenvalue weighted by atomic mass is 16.2. The number of nitrogens with zero attached hydrogens (tertiary/aromatic N) is 2. The number of nitrogens with two attached hydrogens (primary N) is 1. The number of amides is 1. The molecular weight excluding hydrogens is 190 g/mol. The number of hydrogen-bond acceptors (Lipinski definition) is 3. The molecule has 0 aromatic rings. The molecule has 0 saturated heterocycles. The summed E-state index contributed by atoms with van der Waals surface area (Å²) in [5, 5.41) is 8.53. The Bertz CT molecular complexity index is 255. The molecular formula is C11H19N3O. The van der Waals surface area contributed by atoms with Crippen molar-refractivity contribution >= 4 is 5.91 Å². The first-order valence-electron chi connectivity index (χ1n) is 5.58. The molecule has 4 nitrogen and oxygen atoms in total. The number of carbonyl (C=O) groups excluding carboxylic acids is 1. The molecule has 2 N–H and O–H groups in total. The molecule has 1 aliphatic carbocycles. The lowest BCUT2D eigenvalue weighted by Gasteiger charge is -2.24. The second-order valence-electron chi connectivity index (χ2n) is 4.15. The molecule has 0 bridgehead atoms. The topological polar surface area (TPSA) is 70.1 Å². The van der Waals surface area contributed by atoms with Crippen molar-refractivity contribution in [2.45, 2.75) is 38.6 Å². The third kappa shape index (κ3) is 3.52. The van der Waals surface area contributed by atoms with Gasteiger partial charge in [0.2, 0.25) is 5.91 Å². The Morgan fingerprint density at radius 2 is 2.33 bits per heavy atom. The molecule has 0 radical (unpaired) electrons. The summed E-state index contributed by atoms with van der Waals surface area (Å²) >= 11 is 0. The van der Waals surface area contributed by atoms with Gasteiger partial charge in [0, 0.05) is 18.5 Å². The van der Waals surface area contributed by atoms with Gasteiger partial charge in [0.15, 0.2) is 0 Å². The van der Waals surface area contributed by atoms with Crippen LogP contribution in [-0.4, -0.2) is 29.9 Å². The summed E-state index contributed by atoms with van der Waals surface area (Å²) in [6.45, 7) is 3.04. The monoisotopic (exact) mass is 209 g/mol. The second kappa shape index (κ2) is 5.72. The summed E-state index contributed by atoms with van der Waals surface area (Å²) in [4.78, 5) is 13.8. The Labute approximate surface area is 91.0 Å². The molecule has 84 valence electrons. The SMILES string of the molecule is CC(CCN)C(=O)N(CCC#N)C1CC1. The molecule has 0 spiro atoms. The number of nitriles is 1. The van der Waals surface area contributed by atoms with Gasteiger partial charge in [-0.2, -0.15) is 5.26 Å². The van der Waals surface area contributed by atoms with Gasteiger partial charge in [0.25, 0.3) is 0 Å². The second-order valence-corrected chi connectivity index (χ2v) is 4.15. The van der Waals surface area contributed by atoms with Gasteiger partial charge in [0.05, 0.1) is 12.5 Å². The highest BCUT2D eigenvalue weighted by Gasteiger charge is 2.33. The normalized spacial score (nSPS) is 16.9. The van der Waals surface area contributed by atoms with Gasteiger partial charge in [-0.05, 0) is 25.8 Å². The molecule has 1 fully saturated rings. The van der Waals surface area contributed by atoms with Gasteiger partial charge in [-0.15, -0.1) is 0 Å². The average molecular weight is 209 g/mol. The van der Waals surface area contributed by atoms with E-state index in [2.05, 4.69) is 6.07 Å². The van der Waals surface area contributed by atoms with Crippen LogP contribution < -0.4 is 5.73 Å². The number of rotatable bonds is 6. The van der Waals surface area contributed by atoms with Crippen LogP contribution in [0.15, 0.2) is 0 Å². The van der Waals surface area contributed by atoms with E-state index in [1.165, 1.54) is 0 Å². The molecule has 0 heterocycles. The van der Waals surface area contributed by atoms with E-state index in [-0.39, 0.29) is 11.8 Å². The molecule has 1 rings (SSSR count). The van der Waals surface area contributed by atoms with Crippen LogP contribution in [0.25, 0.3) is 0 Å². The van der Waals surface area contributed by atoms with Crippen molar-refractivity contribution < 1.29 is 4.79 Å². The van der Waals surface area contributed by atoms with Crippen LogP contribution in [0.1, 0.15) is 32.6 Å². The Morgan fingerprint density at radius 3 is 2.80 bits per heavy atom. The summed E-state index contributed by atoms with van der Waals surface area (Å²) in [7, 11) is 0. The highest BCUT2D eigenvalue weighted by Crippen LogP contribution is 2.28. The van der Waals surface area contributed by atoms with Crippen LogP contribution in [0.5, 0.6) is 0 Å². The fraction of sp³-hybridized carbons (Fsp3) is 0.818. The Hall–Kier alpha value is -1.08. The first-order chi connectivity index (χ1) is 7.20. The molecule has 1 atom stereocenters. The molecule has 15 heavy (non-hydrogen) atoms. The minimum atomic E-state index is -0.00528. The first-order valence-corrected chi connectivity index (χ1v) is 5.58. The van der Waals surface area contributed by atoms with Crippen LogP contribution in [-0.2, 0) is 4.79 Å². The van der Waals surface area contributed by atoms with Crippen LogP contribution >= 0.6 is 0 Å². The molecule has 1 saturated carbocycles. The van der Waals surface area contributed by atoms with Crippen molar-refractivity contribution in [2.75, 3.05) is 13.1 Å². The van der Waals surface area contributed by atoms with Crippen molar-refractivity contribution in [3.05, 3.63) is 0 Å². The number of carbonyl (C=O) groups is 1. The Morgan fingerprint density at radius 1 is 1.67 bits per heavy atom. The summed E-state index contributed by atoms with van der Waals surface area (Å²) in [5.41, 5.74) is 5.44. The van der Waals surface area contributed by atoms with E-state index < -0.39 is 0 Å². The van der Waals surface area contributed by atoms with E-state index in [4.69, 9.17) is 11.0 Å². The third-order valence-electron chi connectivity index (χ3n) is 2.76. The molecule has 0 aromatic carbocycles. The minimum absolute atomic E-state index is 0.00528. The minimum Gasteiger partial charge on any atom is -0.338 e. The first kappa shape index (κ1) is 12.0. The fourth-order valence-electron chi connectivity index (χ4n) is 1.69. The smallest absolute Gasteiger partial charge is 0.225 e. The average Bonchev–Trinajstić information content (AvgIpc) is 3.02. The standard InChI is InChI=1S/C11H19N3O/c1-9(5-7-13)11(15)14(8-2-6-12)10-3-4-10/h9-10H,2-5,7-8,13H2,1H3. The lowest BCUT2D eigenvalue weighted by atomic mass is 10.1. The van der Waals surface area contributed by atoms with E-state index in [1.807, 2.05) is 11.8 Å². The summed E-state index contributed by atoms with van der Waals surface area (Å²) in [5.74, 6) is 0.160. The van der Waals surface area contributed by atoms with E-state index in [1.54, 1.807) is 0 Å². The molecule has 1 amide bonds. The maximum atomic E-state index is 12.0. The zero-order chi connectivity index (χ0) is 11.3. The van der Waals surface area contributed by atoms with Gasteiger partial charge in [-0.1, -0.05) is 6.92 Å². The van der Waals surface area contributed by atoms with Gasteiger partial charge >= 0.3 is 0 Å². The lowest BCUT2D eigenvalue weighted by Crippen LogP contribution is -2.38. The van der Waals surface area contributed by atoms with Crippen molar-refractivity contribution in [1.29, 1.82) is 5.26 Å². The maximum absolute atomic E-state index is 12.0. The molecule has 1 unspecified atom stereocenters. The van der Waals surface area contributed by atoms with Crippen molar-refractivity contribution in [1.82, 2.24) is 4.90 Å². The van der Waals surface area contributed by atoms with Gasteiger partial charge < -0.3 is 10.6 Å². The Balaban J connectivity index is 2.47. The Kier molecular flexibility index (Phi) is 4.57. The zero-order valence-electron chi connectivity index (χ0n) is 9.28. The maximum Gasteiger partial charge on any atom is 0.225 e. The van der Waals surface area contributed by atoms with E-state index >= 15 is 0 Å². The quantitative estimate of drug-likeness (QED) is 0.705. The van der Waals surface area contributed by atoms with Gasteiger partial charge in [-0.3, -0.25) is 4.79 Å². The fourth-order valence-corrected chi connectivity index (χ4v) is 1.69. The van der Waals surface area contributed by atoms with Crippen LogP contribution in [0.2, 0.25) is 0 Å². The third-order valence-corrected chi connectivity index (χ3v) is 2.76. The van der Waals surface area contributed by atoms with Gasteiger partial charge in [0.1, 0.15) is 0 Å². The molecule has 1 aliphatic rings. The van der Waals surface area contributed by atoms with Crippen LogP contribution in [0.3, 0.4) is 0 Å². The van der Waals surface area contributed by atoms with Crippen LogP contribution in [0, 0.1) is 17.2 Å². The summed E-state index contributed by atoms with van der Waals surface area (Å²) in [6, 6.07) is 2.48. The number of hydrogen-bond donors (Lipinski definition) is 1. The summed E-state index contributed by atoms with van der Waals surface area (Å²) < 4.78 is 0. The van der Waals surface area contributed by atoms with Crippen molar-refractivity contribution in [3.8, 4) is 6.07 Å². The summed E-state index contributed by atoms with van der Waals surface area (Å²) in [6.07, 6.45) is 3.34. The predicted molar refractivity (Wildman–Crippen MR) is 57.8 cm³/mol. The van der Waals surface area contributed by atoms with E-state index in [0.29, 0.717) is 25.6 Å². The van der Waals surface area contributed by atoms with E-state index in [9.17, 15) is 4.79 Å². The van der Waals surface area contributed by atoms with Crippen LogP contribution in [0.4, 0.5) is 0 Å². The van der Waals surface area contributed by atoms with E-state index in [0.717, 1.165) is 19.3 Å². The van der Waals surface area contributed by atoms with Gasteiger partial charge in [-0.25, -0.2) is 0 Å². The molecule has 0 aliphatic heterocycles. The van der Waals surface area contributed by atoms with Crippen molar-refractivity contribution in [3.63, 3.8) is 0 Å². The largest absolute Gasteiger partial charge is 0.338 e. The predicted octanol–water partition coefficient (Wildman–Crippen LogP) is 0.876. The van der Waals surface area contributed by atoms with Crippen molar-refractivity contribution in [2.24, 2.45) is 11.7 Å². The zero-order valence-corrected chi connectivity index (χ0v) is 9.28. The lowest BCUT2D eigenvalue weighted by molar-refractivity contribution is -0.135. The highest BCUT2D eigenvalue weighted by molar-refractivity contribution is 5.79. The molecule has 4 heteroatoms.